The average molecular weight is 526 g/mol. The number of morpholine rings is 1. The van der Waals surface area contributed by atoms with E-state index >= 15 is 0 Å². The van der Waals surface area contributed by atoms with Gasteiger partial charge in [0, 0.05) is 19.1 Å². The number of aryl methyl sites for hydroxylation is 1. The number of rotatable bonds is 5. The maximum Gasteiger partial charge on any atom is 0.416 e. The number of alkyl halides is 3. The summed E-state index contributed by atoms with van der Waals surface area (Å²) in [7, 11) is 0. The minimum absolute atomic E-state index is 0.231. The summed E-state index contributed by atoms with van der Waals surface area (Å²) in [6.45, 7) is 7.19. The van der Waals surface area contributed by atoms with Crippen molar-refractivity contribution in [1.29, 1.82) is 0 Å². The molecule has 1 aliphatic heterocycles. The largest absolute Gasteiger partial charge is 0.416 e. The van der Waals surface area contributed by atoms with Crippen LogP contribution in [-0.4, -0.2) is 57.9 Å². The SMILES string of the molecule is Cc1cc(NC(=O)c2cnn(-c3cccc(C(F)(F)F)c3)c2C)cnc1C1=CCC(N2CCOCC2)CC1. The van der Waals surface area contributed by atoms with E-state index in [2.05, 4.69) is 26.4 Å². The van der Waals surface area contributed by atoms with Crippen LogP contribution in [0.2, 0.25) is 0 Å². The summed E-state index contributed by atoms with van der Waals surface area (Å²) in [5, 5.41) is 7.01. The Morgan fingerprint density at radius 3 is 2.61 bits per heavy atom. The third kappa shape index (κ3) is 5.51. The van der Waals surface area contributed by atoms with Gasteiger partial charge < -0.3 is 10.1 Å². The van der Waals surface area contributed by atoms with Crippen molar-refractivity contribution in [3.8, 4) is 5.69 Å². The van der Waals surface area contributed by atoms with Crippen LogP contribution in [0.3, 0.4) is 0 Å². The summed E-state index contributed by atoms with van der Waals surface area (Å²) in [4.78, 5) is 20.1. The molecule has 0 bridgehead atoms. The number of hydrogen-bond donors (Lipinski definition) is 1. The molecule has 3 heterocycles. The van der Waals surface area contributed by atoms with Crippen molar-refractivity contribution in [3.05, 3.63) is 76.9 Å². The Bertz CT molecular complexity index is 1360. The highest BCUT2D eigenvalue weighted by molar-refractivity contribution is 6.05. The van der Waals surface area contributed by atoms with Crippen molar-refractivity contribution in [2.75, 3.05) is 31.6 Å². The number of amides is 1. The summed E-state index contributed by atoms with van der Waals surface area (Å²) in [6, 6.07) is 7.28. The molecule has 1 aliphatic carbocycles. The zero-order valence-corrected chi connectivity index (χ0v) is 21.4. The fourth-order valence-corrected chi connectivity index (χ4v) is 5.19. The molecule has 7 nitrogen and oxygen atoms in total. The number of aromatic nitrogens is 3. The van der Waals surface area contributed by atoms with Gasteiger partial charge >= 0.3 is 6.18 Å². The highest BCUT2D eigenvalue weighted by Gasteiger charge is 2.31. The molecule has 3 aromatic rings. The van der Waals surface area contributed by atoms with Crippen molar-refractivity contribution in [1.82, 2.24) is 19.7 Å². The first-order valence-corrected chi connectivity index (χ1v) is 12.7. The monoisotopic (exact) mass is 525 g/mol. The first-order valence-electron chi connectivity index (χ1n) is 12.7. The van der Waals surface area contributed by atoms with Gasteiger partial charge in [0.25, 0.3) is 5.91 Å². The highest BCUT2D eigenvalue weighted by atomic mass is 19.4. The minimum atomic E-state index is -4.47. The second-order valence-electron chi connectivity index (χ2n) is 9.75. The van der Waals surface area contributed by atoms with Gasteiger partial charge in [-0.3, -0.25) is 14.7 Å². The Morgan fingerprint density at radius 1 is 1.13 bits per heavy atom. The van der Waals surface area contributed by atoms with Crippen LogP contribution in [-0.2, 0) is 10.9 Å². The smallest absolute Gasteiger partial charge is 0.379 e. The van der Waals surface area contributed by atoms with Crippen LogP contribution >= 0.6 is 0 Å². The summed E-state index contributed by atoms with van der Waals surface area (Å²) in [5.74, 6) is -0.403. The number of ether oxygens (including phenoxy) is 1. The van der Waals surface area contributed by atoms with E-state index in [-0.39, 0.29) is 11.3 Å². The van der Waals surface area contributed by atoms with Gasteiger partial charge in [-0.2, -0.15) is 18.3 Å². The van der Waals surface area contributed by atoms with E-state index in [0.29, 0.717) is 17.4 Å². The molecule has 10 heteroatoms. The molecule has 1 unspecified atom stereocenters. The number of benzene rings is 1. The third-order valence-corrected chi connectivity index (χ3v) is 7.26. The van der Waals surface area contributed by atoms with E-state index < -0.39 is 17.6 Å². The number of anilines is 1. The number of carbonyl (C=O) groups excluding carboxylic acids is 1. The van der Waals surface area contributed by atoms with E-state index in [1.165, 1.54) is 28.6 Å². The first kappa shape index (κ1) is 26.1. The lowest BCUT2D eigenvalue weighted by Crippen LogP contribution is -2.43. The molecule has 1 saturated heterocycles. The van der Waals surface area contributed by atoms with Gasteiger partial charge in [0.15, 0.2) is 0 Å². The van der Waals surface area contributed by atoms with Crippen molar-refractivity contribution in [2.45, 2.75) is 45.3 Å². The predicted octanol–water partition coefficient (Wildman–Crippen LogP) is 5.42. The molecule has 1 aromatic carbocycles. The Kier molecular flexibility index (Phi) is 7.36. The normalized spacial score (nSPS) is 18.8. The molecule has 5 rings (SSSR count). The number of hydrogen-bond acceptors (Lipinski definition) is 5. The zero-order chi connectivity index (χ0) is 26.9. The fraction of sp³-hybridized carbons (Fsp3) is 0.393. The number of carbonyl (C=O) groups is 1. The number of allylic oxidation sites excluding steroid dienone is 1. The van der Waals surface area contributed by atoms with Gasteiger partial charge in [-0.05, 0) is 68.5 Å². The molecule has 38 heavy (non-hydrogen) atoms. The minimum Gasteiger partial charge on any atom is -0.379 e. The quantitative estimate of drug-likeness (QED) is 0.482. The predicted molar refractivity (Wildman–Crippen MR) is 138 cm³/mol. The summed E-state index contributed by atoms with van der Waals surface area (Å²) in [5.41, 5.74) is 3.84. The number of nitrogens with one attached hydrogen (secondary N) is 1. The average Bonchev–Trinajstić information content (AvgIpc) is 3.30. The molecule has 0 spiro atoms. The van der Waals surface area contributed by atoms with Crippen molar-refractivity contribution < 1.29 is 22.7 Å². The Hall–Kier alpha value is -3.50. The van der Waals surface area contributed by atoms with Crippen LogP contribution in [0.4, 0.5) is 18.9 Å². The van der Waals surface area contributed by atoms with E-state index in [4.69, 9.17) is 4.74 Å². The Morgan fingerprint density at radius 2 is 1.92 bits per heavy atom. The van der Waals surface area contributed by atoms with Crippen LogP contribution in [0.25, 0.3) is 11.3 Å². The lowest BCUT2D eigenvalue weighted by Gasteiger charge is -2.36. The third-order valence-electron chi connectivity index (χ3n) is 7.26. The van der Waals surface area contributed by atoms with Crippen LogP contribution in [0, 0.1) is 13.8 Å². The maximum absolute atomic E-state index is 13.1. The molecule has 2 aliphatic rings. The number of nitrogens with zero attached hydrogens (tertiary/aromatic N) is 4. The van der Waals surface area contributed by atoms with Crippen molar-refractivity contribution >= 4 is 17.2 Å². The Labute approximate surface area is 219 Å². The summed E-state index contributed by atoms with van der Waals surface area (Å²) in [6.07, 6.45) is 3.84. The summed E-state index contributed by atoms with van der Waals surface area (Å²) >= 11 is 0. The molecule has 200 valence electrons. The lowest BCUT2D eigenvalue weighted by molar-refractivity contribution is -0.137. The molecule has 0 radical (unpaired) electrons. The van der Waals surface area contributed by atoms with Gasteiger partial charge in [0.05, 0.1) is 59.5 Å². The molecule has 2 aromatic heterocycles. The molecule has 1 atom stereocenters. The van der Waals surface area contributed by atoms with E-state index in [1.807, 2.05) is 13.0 Å². The molecule has 1 amide bonds. The van der Waals surface area contributed by atoms with Gasteiger partial charge in [0.1, 0.15) is 0 Å². The van der Waals surface area contributed by atoms with E-state index in [9.17, 15) is 18.0 Å². The molecule has 0 saturated carbocycles. The molecule has 1 N–H and O–H groups in total. The first-order chi connectivity index (χ1) is 18.2. The summed E-state index contributed by atoms with van der Waals surface area (Å²) < 4.78 is 46.2. The highest BCUT2D eigenvalue weighted by Crippen LogP contribution is 2.32. The second kappa shape index (κ2) is 10.7. The van der Waals surface area contributed by atoms with Crippen LogP contribution in [0.1, 0.15) is 52.1 Å². The van der Waals surface area contributed by atoms with E-state index in [1.54, 1.807) is 13.1 Å². The van der Waals surface area contributed by atoms with Gasteiger partial charge in [-0.25, -0.2) is 4.68 Å². The Balaban J connectivity index is 1.27. The number of pyridine rings is 1. The zero-order valence-electron chi connectivity index (χ0n) is 21.4. The topological polar surface area (TPSA) is 72.3 Å². The van der Waals surface area contributed by atoms with Crippen LogP contribution < -0.4 is 5.32 Å². The van der Waals surface area contributed by atoms with Crippen molar-refractivity contribution in [3.63, 3.8) is 0 Å². The molecule has 1 fully saturated rings. The van der Waals surface area contributed by atoms with Gasteiger partial charge in [-0.15, -0.1) is 0 Å². The maximum atomic E-state index is 13.1. The van der Waals surface area contributed by atoms with Crippen LogP contribution in [0.5, 0.6) is 0 Å². The van der Waals surface area contributed by atoms with Gasteiger partial charge in [0.2, 0.25) is 0 Å². The molecular formula is C28H30F3N5O2. The van der Waals surface area contributed by atoms with Crippen molar-refractivity contribution in [2.24, 2.45) is 0 Å². The number of halogens is 3. The van der Waals surface area contributed by atoms with Gasteiger partial charge in [-0.1, -0.05) is 12.1 Å². The van der Waals surface area contributed by atoms with E-state index in [0.717, 1.165) is 69.0 Å². The standard InChI is InChI=1S/C28H30F3N5O2/c1-18-14-22(16-32-26(18)20-6-8-23(9-7-20)35-10-12-38-13-11-35)34-27(37)25-17-33-36(19(25)2)24-5-3-4-21(15-24)28(29,30)31/h3-6,14-17,23H,7-13H2,1-2H3,(H,34,37). The van der Waals surface area contributed by atoms with Crippen LogP contribution in [0.15, 0.2) is 48.8 Å². The lowest BCUT2D eigenvalue weighted by atomic mass is 9.90. The molecular weight excluding hydrogens is 495 g/mol. The fourth-order valence-electron chi connectivity index (χ4n) is 5.19. The second-order valence-corrected chi connectivity index (χ2v) is 9.75.